The van der Waals surface area contributed by atoms with Crippen LogP contribution in [-0.2, 0) is 6.42 Å². The minimum atomic E-state index is 0.265. The quantitative estimate of drug-likeness (QED) is 0.178. The minimum Gasteiger partial charge on any atom is -0.256 e. The van der Waals surface area contributed by atoms with Gasteiger partial charge in [0.15, 0.2) is 5.82 Å². The SMILES string of the molecule is C1=CCc2c(ccnc2-c2ccc(-c3nc(C4=CC5C=CC=CC5c5ccccc54)cc(-c4cc5ccccc5c5ccccc45)n3)cc2)C=C1. The van der Waals surface area contributed by atoms with Crippen LogP contribution in [0.4, 0.5) is 0 Å². The molecule has 5 aromatic carbocycles. The first-order valence-electron chi connectivity index (χ1n) is 17.7. The van der Waals surface area contributed by atoms with Gasteiger partial charge in [-0.2, -0.15) is 0 Å². The summed E-state index contributed by atoms with van der Waals surface area (Å²) in [4.78, 5) is 15.5. The first-order valence-corrected chi connectivity index (χ1v) is 17.7. The second-order valence-corrected chi connectivity index (χ2v) is 13.5. The molecule has 3 heteroatoms. The number of hydrogen-bond acceptors (Lipinski definition) is 3. The summed E-state index contributed by atoms with van der Waals surface area (Å²) in [5.74, 6) is 1.29. The Morgan fingerprint density at radius 2 is 1.35 bits per heavy atom. The smallest absolute Gasteiger partial charge is 0.160 e. The number of pyridine rings is 1. The summed E-state index contributed by atoms with van der Waals surface area (Å²) >= 11 is 0. The fraction of sp³-hybridized carbons (Fsp3) is 0.0625. The van der Waals surface area contributed by atoms with Crippen molar-refractivity contribution in [1.82, 2.24) is 15.0 Å². The third kappa shape index (κ3) is 5.09. The highest BCUT2D eigenvalue weighted by Gasteiger charge is 2.29. The number of benzene rings is 5. The van der Waals surface area contributed by atoms with Crippen LogP contribution in [0, 0.1) is 5.92 Å². The Kier molecular flexibility index (Phi) is 7.02. The highest BCUT2D eigenvalue weighted by atomic mass is 14.9. The number of nitrogens with zero attached hydrogens (tertiary/aromatic N) is 3. The fourth-order valence-electron chi connectivity index (χ4n) is 8.08. The molecule has 2 atom stereocenters. The van der Waals surface area contributed by atoms with E-state index in [2.05, 4.69) is 170 Å². The second-order valence-electron chi connectivity index (χ2n) is 13.5. The number of allylic oxidation sites excluding steroid dienone is 8. The van der Waals surface area contributed by atoms with E-state index in [0.29, 0.717) is 11.7 Å². The summed E-state index contributed by atoms with van der Waals surface area (Å²) in [6.45, 7) is 0. The largest absolute Gasteiger partial charge is 0.256 e. The second kappa shape index (κ2) is 12.2. The van der Waals surface area contributed by atoms with E-state index in [1.54, 1.807) is 0 Å². The molecule has 2 unspecified atom stereocenters. The van der Waals surface area contributed by atoms with Crippen molar-refractivity contribution in [3.05, 3.63) is 198 Å². The molecule has 0 fully saturated rings. The van der Waals surface area contributed by atoms with Crippen molar-refractivity contribution >= 4 is 33.2 Å². The Hall–Kier alpha value is -6.45. The molecule has 0 N–H and O–H groups in total. The molecule has 51 heavy (non-hydrogen) atoms. The summed E-state index contributed by atoms with van der Waals surface area (Å²) in [6.07, 6.45) is 22.7. The molecule has 2 heterocycles. The average Bonchev–Trinajstić information content (AvgIpc) is 3.46. The van der Waals surface area contributed by atoms with Crippen molar-refractivity contribution in [3.63, 3.8) is 0 Å². The maximum atomic E-state index is 5.36. The molecular weight excluding hydrogens is 619 g/mol. The number of rotatable bonds is 4. The van der Waals surface area contributed by atoms with E-state index in [-0.39, 0.29) is 5.92 Å². The zero-order valence-electron chi connectivity index (χ0n) is 27.9. The summed E-state index contributed by atoms with van der Waals surface area (Å²) in [5.41, 5.74) is 12.2. The van der Waals surface area contributed by atoms with Crippen LogP contribution in [0.5, 0.6) is 0 Å². The van der Waals surface area contributed by atoms with Gasteiger partial charge in [0, 0.05) is 40.3 Å². The number of fused-ring (bicyclic) bond motifs is 7. The van der Waals surface area contributed by atoms with Gasteiger partial charge in [0.1, 0.15) is 0 Å². The van der Waals surface area contributed by atoms with Crippen molar-refractivity contribution in [3.8, 4) is 33.9 Å². The van der Waals surface area contributed by atoms with E-state index in [9.17, 15) is 0 Å². The molecule has 3 aliphatic rings. The summed E-state index contributed by atoms with van der Waals surface area (Å²) in [5, 5.41) is 4.84. The highest BCUT2D eigenvalue weighted by Crippen LogP contribution is 2.44. The van der Waals surface area contributed by atoms with Gasteiger partial charge < -0.3 is 0 Å². The van der Waals surface area contributed by atoms with Gasteiger partial charge in [-0.3, -0.25) is 4.98 Å². The minimum absolute atomic E-state index is 0.265. The molecular formula is C48H33N3. The van der Waals surface area contributed by atoms with Gasteiger partial charge in [0.05, 0.1) is 17.1 Å². The van der Waals surface area contributed by atoms with Gasteiger partial charge in [-0.1, -0.05) is 152 Å². The van der Waals surface area contributed by atoms with Crippen molar-refractivity contribution in [1.29, 1.82) is 0 Å². The molecule has 0 saturated heterocycles. The highest BCUT2D eigenvalue weighted by molar-refractivity contribution is 6.13. The van der Waals surface area contributed by atoms with Gasteiger partial charge in [0.25, 0.3) is 0 Å². The number of aromatic nitrogens is 3. The molecule has 0 aliphatic heterocycles. The topological polar surface area (TPSA) is 38.7 Å². The standard InChI is InChI=1S/C48H33N3/c1-2-12-31-26-27-49-47(38(31)17-3-1)32-22-24-33(25-23-32)48-50-45(43-28-34-13-4-6-15-36(34)39-18-8-10-20-41(39)43)30-46(51-48)44-29-35-14-5-7-16-37(35)40-19-9-11-21-42(40)44/h1-16,18-30,34,36H,17H2. The van der Waals surface area contributed by atoms with Gasteiger partial charge >= 0.3 is 0 Å². The molecule has 3 nitrogen and oxygen atoms in total. The van der Waals surface area contributed by atoms with Crippen molar-refractivity contribution in [2.24, 2.45) is 5.92 Å². The number of hydrogen-bond donors (Lipinski definition) is 0. The van der Waals surface area contributed by atoms with Crippen LogP contribution in [0.25, 0.3) is 67.1 Å². The molecule has 0 saturated carbocycles. The Labute approximate surface area is 297 Å². The molecule has 0 spiro atoms. The average molecular weight is 652 g/mol. The fourth-order valence-corrected chi connectivity index (χ4v) is 8.08. The Morgan fingerprint density at radius 1 is 0.588 bits per heavy atom. The first-order chi connectivity index (χ1) is 25.3. The zero-order valence-corrected chi connectivity index (χ0v) is 27.9. The molecule has 0 bridgehead atoms. The van der Waals surface area contributed by atoms with Gasteiger partial charge in [0.2, 0.25) is 0 Å². The lowest BCUT2D eigenvalue weighted by Gasteiger charge is -2.30. The van der Waals surface area contributed by atoms with E-state index < -0.39 is 0 Å². The lowest BCUT2D eigenvalue weighted by Crippen LogP contribution is -2.16. The maximum absolute atomic E-state index is 5.36. The van der Waals surface area contributed by atoms with E-state index >= 15 is 0 Å². The van der Waals surface area contributed by atoms with Gasteiger partial charge in [-0.25, -0.2) is 9.97 Å². The van der Waals surface area contributed by atoms with Crippen LogP contribution in [0.3, 0.4) is 0 Å². The predicted octanol–water partition coefficient (Wildman–Crippen LogP) is 11.6. The van der Waals surface area contributed by atoms with Crippen molar-refractivity contribution < 1.29 is 0 Å². The first kappa shape index (κ1) is 29.5. The summed E-state index contributed by atoms with van der Waals surface area (Å²) in [7, 11) is 0. The monoisotopic (exact) mass is 651 g/mol. The van der Waals surface area contributed by atoms with E-state index in [4.69, 9.17) is 15.0 Å². The lowest BCUT2D eigenvalue weighted by molar-refractivity contribution is 0.688. The Morgan fingerprint density at radius 3 is 2.27 bits per heavy atom. The summed E-state index contributed by atoms with van der Waals surface area (Å²) < 4.78 is 0. The predicted molar refractivity (Wildman–Crippen MR) is 211 cm³/mol. The van der Waals surface area contributed by atoms with Crippen LogP contribution in [0.2, 0.25) is 0 Å². The van der Waals surface area contributed by atoms with Crippen LogP contribution in [0.15, 0.2) is 170 Å². The normalized spacial score (nSPS) is 17.1. The zero-order chi connectivity index (χ0) is 33.7. The van der Waals surface area contributed by atoms with Crippen molar-refractivity contribution in [2.75, 3.05) is 0 Å². The van der Waals surface area contributed by atoms with Crippen LogP contribution < -0.4 is 0 Å². The Balaban J connectivity index is 1.17. The van der Waals surface area contributed by atoms with Crippen molar-refractivity contribution in [2.45, 2.75) is 12.3 Å². The molecule has 2 aromatic heterocycles. The molecule has 10 rings (SSSR count). The third-order valence-corrected chi connectivity index (χ3v) is 10.5. The summed E-state index contributed by atoms with van der Waals surface area (Å²) in [6, 6.07) is 41.3. The molecule has 240 valence electrons. The molecule has 7 aromatic rings. The van der Waals surface area contributed by atoms with Crippen LogP contribution in [0.1, 0.15) is 33.9 Å². The van der Waals surface area contributed by atoms with E-state index in [0.717, 1.165) is 45.8 Å². The van der Waals surface area contributed by atoms with E-state index in [1.807, 2.05) is 6.20 Å². The van der Waals surface area contributed by atoms with Gasteiger partial charge in [-0.05, 0) is 68.4 Å². The van der Waals surface area contributed by atoms with Gasteiger partial charge in [-0.15, -0.1) is 0 Å². The maximum Gasteiger partial charge on any atom is 0.160 e. The molecule has 3 aliphatic carbocycles. The lowest BCUT2D eigenvalue weighted by atomic mass is 9.74. The van der Waals surface area contributed by atoms with E-state index in [1.165, 1.54) is 43.8 Å². The molecule has 0 radical (unpaired) electrons. The van der Waals surface area contributed by atoms with Crippen LogP contribution >= 0.6 is 0 Å². The third-order valence-electron chi connectivity index (χ3n) is 10.5. The molecule has 0 amide bonds. The Bertz CT molecular complexity index is 2670. The van der Waals surface area contributed by atoms with Crippen LogP contribution in [-0.4, -0.2) is 15.0 Å².